The lowest BCUT2D eigenvalue weighted by Gasteiger charge is -2.27. The maximum atomic E-state index is 13.2. The Kier molecular flexibility index (Phi) is 9.09. The number of nitrogens with zero attached hydrogens (tertiary/aromatic N) is 1. The van der Waals surface area contributed by atoms with Gasteiger partial charge in [0, 0.05) is 19.0 Å². The van der Waals surface area contributed by atoms with Gasteiger partial charge in [-0.2, -0.15) is 0 Å². The molecule has 29 heavy (non-hydrogen) atoms. The number of hydrogen-bond acceptors (Lipinski definition) is 4. The fourth-order valence-corrected chi connectivity index (χ4v) is 4.40. The minimum Gasteiger partial charge on any atom is -0.490 e. The summed E-state index contributed by atoms with van der Waals surface area (Å²) in [6.45, 7) is 11.0. The van der Waals surface area contributed by atoms with Gasteiger partial charge in [0.15, 0.2) is 11.5 Å². The van der Waals surface area contributed by atoms with Crippen LogP contribution in [0.4, 0.5) is 0 Å². The summed E-state index contributed by atoms with van der Waals surface area (Å²) in [5.74, 6) is 2.13. The van der Waals surface area contributed by atoms with Crippen LogP contribution < -0.4 is 14.8 Å². The predicted octanol–water partition coefficient (Wildman–Crippen LogP) is 4.42. The second-order valence-electron chi connectivity index (χ2n) is 8.19. The van der Waals surface area contributed by atoms with Crippen LogP contribution in [0.2, 0.25) is 0 Å². The molecular weight excluding hydrogens is 388 g/mol. The Balaban J connectivity index is 0.00000300. The molecule has 1 spiro atoms. The van der Waals surface area contributed by atoms with Gasteiger partial charge in [0.1, 0.15) is 0 Å². The summed E-state index contributed by atoms with van der Waals surface area (Å²) in [5, 5.41) is 3.42. The van der Waals surface area contributed by atoms with Gasteiger partial charge in [-0.15, -0.1) is 12.4 Å². The first kappa shape index (κ1) is 23.8. The number of nitrogens with one attached hydrogen (secondary N) is 1. The molecule has 0 aromatic heterocycles. The smallest absolute Gasteiger partial charge is 0.226 e. The highest BCUT2D eigenvalue weighted by atomic mass is 35.5. The van der Waals surface area contributed by atoms with Gasteiger partial charge >= 0.3 is 0 Å². The van der Waals surface area contributed by atoms with Crippen molar-refractivity contribution in [1.82, 2.24) is 10.2 Å². The van der Waals surface area contributed by atoms with E-state index in [4.69, 9.17) is 9.47 Å². The SMILES string of the molecule is CCCOc1ccc(CN(CCC)C(=O)C2CC23CCNCC3)cc1OCC.Cl. The average molecular weight is 425 g/mol. The number of carbonyl (C=O) groups excluding carboxylic acids is 1. The Morgan fingerprint density at radius 3 is 2.55 bits per heavy atom. The van der Waals surface area contributed by atoms with E-state index in [1.54, 1.807) is 0 Å². The van der Waals surface area contributed by atoms with Crippen molar-refractivity contribution in [1.29, 1.82) is 0 Å². The average Bonchev–Trinajstić information content (AvgIpc) is 3.40. The molecule has 2 aliphatic rings. The van der Waals surface area contributed by atoms with Crippen LogP contribution in [0.15, 0.2) is 18.2 Å². The first-order valence-corrected chi connectivity index (χ1v) is 11.0. The molecule has 3 rings (SSSR count). The van der Waals surface area contributed by atoms with E-state index in [9.17, 15) is 4.79 Å². The van der Waals surface area contributed by atoms with Crippen molar-refractivity contribution in [2.24, 2.45) is 11.3 Å². The van der Waals surface area contributed by atoms with Gasteiger partial charge in [-0.1, -0.05) is 19.9 Å². The summed E-state index contributed by atoms with van der Waals surface area (Å²) < 4.78 is 11.6. The van der Waals surface area contributed by atoms with Gasteiger partial charge in [-0.05, 0) is 75.2 Å². The summed E-state index contributed by atoms with van der Waals surface area (Å²) in [6, 6.07) is 6.09. The zero-order valence-corrected chi connectivity index (χ0v) is 19.0. The molecule has 1 aliphatic heterocycles. The normalized spacial score (nSPS) is 19.3. The van der Waals surface area contributed by atoms with Crippen LogP contribution >= 0.6 is 12.4 Å². The number of amides is 1. The minimum absolute atomic E-state index is 0. The molecule has 1 N–H and O–H groups in total. The van der Waals surface area contributed by atoms with Crippen LogP contribution in [0.5, 0.6) is 11.5 Å². The molecule has 1 aromatic carbocycles. The van der Waals surface area contributed by atoms with Crippen molar-refractivity contribution in [3.63, 3.8) is 0 Å². The zero-order valence-electron chi connectivity index (χ0n) is 18.2. The Hall–Kier alpha value is -1.46. The van der Waals surface area contributed by atoms with Gasteiger partial charge in [-0.3, -0.25) is 4.79 Å². The fourth-order valence-electron chi connectivity index (χ4n) is 4.40. The topological polar surface area (TPSA) is 50.8 Å². The molecule has 164 valence electrons. The molecule has 5 nitrogen and oxygen atoms in total. The van der Waals surface area contributed by atoms with Gasteiger partial charge in [-0.25, -0.2) is 0 Å². The number of piperidine rings is 1. The van der Waals surface area contributed by atoms with E-state index in [1.165, 1.54) is 0 Å². The van der Waals surface area contributed by atoms with Crippen LogP contribution in [0, 0.1) is 11.3 Å². The monoisotopic (exact) mass is 424 g/mol. The maximum absolute atomic E-state index is 13.2. The molecule has 1 saturated carbocycles. The van der Waals surface area contributed by atoms with Crippen molar-refractivity contribution >= 4 is 18.3 Å². The van der Waals surface area contributed by atoms with E-state index in [-0.39, 0.29) is 23.7 Å². The maximum Gasteiger partial charge on any atom is 0.226 e. The van der Waals surface area contributed by atoms with Crippen LogP contribution in [0.25, 0.3) is 0 Å². The number of ether oxygens (including phenoxy) is 2. The quantitative estimate of drug-likeness (QED) is 0.603. The van der Waals surface area contributed by atoms with Gasteiger partial charge in [0.25, 0.3) is 0 Å². The van der Waals surface area contributed by atoms with E-state index < -0.39 is 0 Å². The third-order valence-corrected chi connectivity index (χ3v) is 6.04. The highest BCUT2D eigenvalue weighted by Crippen LogP contribution is 2.59. The number of benzene rings is 1. The van der Waals surface area contributed by atoms with E-state index in [1.807, 2.05) is 19.1 Å². The van der Waals surface area contributed by atoms with Crippen molar-refractivity contribution in [3.05, 3.63) is 23.8 Å². The van der Waals surface area contributed by atoms with Gasteiger partial charge < -0.3 is 19.7 Å². The zero-order chi connectivity index (χ0) is 20.0. The molecule has 1 aromatic rings. The summed E-state index contributed by atoms with van der Waals surface area (Å²) in [7, 11) is 0. The summed E-state index contributed by atoms with van der Waals surface area (Å²) in [6.07, 6.45) is 5.29. The van der Waals surface area contributed by atoms with Crippen molar-refractivity contribution in [2.45, 2.75) is 59.4 Å². The Morgan fingerprint density at radius 1 is 1.14 bits per heavy atom. The molecule has 1 unspecified atom stereocenters. The standard InChI is InChI=1S/C23H36N2O3.ClH/c1-4-13-25(22(26)19-16-23(19)9-11-24-12-10-23)17-18-7-8-20(28-14-5-2)21(15-18)27-6-3;/h7-8,15,19,24H,4-6,9-14,16-17H2,1-3H3;1H. The molecule has 1 heterocycles. The van der Waals surface area contributed by atoms with Crippen LogP contribution in [-0.4, -0.2) is 43.7 Å². The lowest BCUT2D eigenvalue weighted by atomic mass is 9.91. The van der Waals surface area contributed by atoms with Crippen LogP contribution in [0.1, 0.15) is 58.4 Å². The first-order valence-electron chi connectivity index (χ1n) is 11.0. The third-order valence-electron chi connectivity index (χ3n) is 6.04. The van der Waals surface area contributed by atoms with Crippen molar-refractivity contribution < 1.29 is 14.3 Å². The number of halogens is 1. The van der Waals surface area contributed by atoms with Crippen molar-refractivity contribution in [3.8, 4) is 11.5 Å². The lowest BCUT2D eigenvalue weighted by Crippen LogP contribution is -2.36. The fraction of sp³-hybridized carbons (Fsp3) is 0.696. The molecule has 1 atom stereocenters. The minimum atomic E-state index is 0. The molecule has 6 heteroatoms. The molecule has 1 saturated heterocycles. The molecule has 0 bridgehead atoms. The summed E-state index contributed by atoms with van der Waals surface area (Å²) in [4.78, 5) is 15.3. The Morgan fingerprint density at radius 2 is 1.90 bits per heavy atom. The number of carbonyl (C=O) groups is 1. The highest BCUT2D eigenvalue weighted by Gasteiger charge is 2.58. The predicted molar refractivity (Wildman–Crippen MR) is 119 cm³/mol. The third kappa shape index (κ3) is 5.79. The molecular formula is C23H37ClN2O3. The largest absolute Gasteiger partial charge is 0.490 e. The molecule has 1 aliphatic carbocycles. The van der Waals surface area contributed by atoms with Crippen LogP contribution in [0.3, 0.4) is 0 Å². The van der Waals surface area contributed by atoms with Gasteiger partial charge in [0.05, 0.1) is 13.2 Å². The lowest BCUT2D eigenvalue weighted by molar-refractivity contribution is -0.134. The number of rotatable bonds is 10. The van der Waals surface area contributed by atoms with E-state index in [0.717, 1.165) is 68.8 Å². The highest BCUT2D eigenvalue weighted by molar-refractivity contribution is 5.85. The summed E-state index contributed by atoms with van der Waals surface area (Å²) >= 11 is 0. The van der Waals surface area contributed by atoms with Crippen LogP contribution in [-0.2, 0) is 11.3 Å². The van der Waals surface area contributed by atoms with E-state index >= 15 is 0 Å². The second-order valence-corrected chi connectivity index (χ2v) is 8.19. The number of hydrogen-bond donors (Lipinski definition) is 1. The Bertz CT molecular complexity index is 662. The second kappa shape index (κ2) is 11.1. The molecule has 0 radical (unpaired) electrons. The summed E-state index contributed by atoms with van der Waals surface area (Å²) in [5.41, 5.74) is 1.39. The Labute approximate surface area is 181 Å². The van der Waals surface area contributed by atoms with E-state index in [0.29, 0.717) is 25.7 Å². The first-order chi connectivity index (χ1) is 13.6. The van der Waals surface area contributed by atoms with E-state index in [2.05, 4.69) is 30.1 Å². The molecule has 2 fully saturated rings. The van der Waals surface area contributed by atoms with Crippen molar-refractivity contribution in [2.75, 3.05) is 32.8 Å². The molecule has 1 amide bonds. The van der Waals surface area contributed by atoms with Gasteiger partial charge in [0.2, 0.25) is 5.91 Å².